The van der Waals surface area contributed by atoms with Gasteiger partial charge in [-0.2, -0.15) is 0 Å². The van der Waals surface area contributed by atoms with E-state index in [0.29, 0.717) is 58.4 Å². The number of esters is 1. The first-order chi connectivity index (χ1) is 16.9. The van der Waals surface area contributed by atoms with Gasteiger partial charge in [-0.15, -0.1) is 11.3 Å². The predicted molar refractivity (Wildman–Crippen MR) is 131 cm³/mol. The van der Waals surface area contributed by atoms with Gasteiger partial charge in [0.1, 0.15) is 11.9 Å². The molecule has 2 aliphatic heterocycles. The van der Waals surface area contributed by atoms with Gasteiger partial charge in [-0.3, -0.25) is 14.7 Å². The highest BCUT2D eigenvalue weighted by molar-refractivity contribution is 9.10. The zero-order chi connectivity index (χ0) is 24.9. The van der Waals surface area contributed by atoms with Gasteiger partial charge >= 0.3 is 11.9 Å². The largest absolute Gasteiger partial charge is 0.481 e. The molecule has 2 atom stereocenters. The number of ether oxygens (including phenoxy) is 2. The van der Waals surface area contributed by atoms with E-state index < -0.39 is 29.9 Å². The number of amidine groups is 1. The number of hydrogen-bond donors (Lipinski definition) is 2. The molecule has 0 spiro atoms. The molecule has 186 valence electrons. The monoisotopic (exact) mass is 566 g/mol. The zero-order valence-electron chi connectivity index (χ0n) is 18.9. The second-order valence-electron chi connectivity index (χ2n) is 7.95. The molecule has 1 aromatic heterocycles. The predicted octanol–water partition coefficient (Wildman–Crippen LogP) is 3.13. The molecule has 0 radical (unpaired) electrons. The maximum atomic E-state index is 13.9. The lowest BCUT2D eigenvalue weighted by Crippen LogP contribution is -2.47. The fraction of sp³-hybridized carbons (Fsp3) is 0.391. The van der Waals surface area contributed by atoms with Crippen molar-refractivity contribution >= 4 is 45.0 Å². The van der Waals surface area contributed by atoms with E-state index in [2.05, 4.69) is 26.2 Å². The van der Waals surface area contributed by atoms with Crippen LogP contribution in [0.25, 0.3) is 0 Å². The van der Waals surface area contributed by atoms with Crippen LogP contribution in [0.1, 0.15) is 30.0 Å². The Hall–Kier alpha value is -2.67. The van der Waals surface area contributed by atoms with Gasteiger partial charge in [0.05, 0.1) is 31.3 Å². The number of aliphatic imine (C=N–C) groups is 1. The lowest BCUT2D eigenvalue weighted by molar-refractivity contribution is -0.142. The number of nitrogens with zero attached hydrogens (tertiary/aromatic N) is 3. The molecule has 12 heteroatoms. The third kappa shape index (κ3) is 6.13. The molecule has 1 saturated heterocycles. The number of aliphatic carboxylic acids is 1. The van der Waals surface area contributed by atoms with Crippen LogP contribution in [-0.4, -0.2) is 71.7 Å². The molecule has 3 heterocycles. The summed E-state index contributed by atoms with van der Waals surface area (Å²) < 4.78 is 25.3. The van der Waals surface area contributed by atoms with Crippen molar-refractivity contribution in [2.24, 2.45) is 4.99 Å². The van der Waals surface area contributed by atoms with Crippen molar-refractivity contribution in [2.75, 3.05) is 32.8 Å². The van der Waals surface area contributed by atoms with Gasteiger partial charge < -0.3 is 19.9 Å². The van der Waals surface area contributed by atoms with Gasteiger partial charge in [0.15, 0.2) is 10.8 Å². The van der Waals surface area contributed by atoms with Crippen molar-refractivity contribution in [1.29, 1.82) is 0 Å². The zero-order valence-corrected chi connectivity index (χ0v) is 21.3. The Morgan fingerprint density at radius 1 is 1.43 bits per heavy atom. The summed E-state index contributed by atoms with van der Waals surface area (Å²) in [5.41, 5.74) is 1.48. The summed E-state index contributed by atoms with van der Waals surface area (Å²) >= 11 is 4.81. The van der Waals surface area contributed by atoms with Crippen molar-refractivity contribution in [3.05, 3.63) is 61.9 Å². The first kappa shape index (κ1) is 25.4. The molecule has 1 aromatic carbocycles. The Bertz CT molecular complexity index is 1160. The number of rotatable bonds is 8. The first-order valence-corrected chi connectivity index (χ1v) is 12.7. The Morgan fingerprint density at radius 2 is 2.26 bits per heavy atom. The minimum Gasteiger partial charge on any atom is -0.481 e. The number of carbonyl (C=O) groups excluding carboxylic acids is 1. The van der Waals surface area contributed by atoms with Crippen molar-refractivity contribution in [2.45, 2.75) is 25.5 Å². The summed E-state index contributed by atoms with van der Waals surface area (Å²) in [6.07, 6.45) is 1.10. The third-order valence-corrected chi connectivity index (χ3v) is 6.99. The molecule has 2 aliphatic rings. The summed E-state index contributed by atoms with van der Waals surface area (Å²) in [5.74, 6) is -1.40. The average Bonchev–Trinajstić information content (AvgIpc) is 3.34. The number of thiazole rings is 1. The fourth-order valence-corrected chi connectivity index (χ4v) is 5.19. The molecule has 0 bridgehead atoms. The summed E-state index contributed by atoms with van der Waals surface area (Å²) in [7, 11) is 0. The van der Waals surface area contributed by atoms with E-state index >= 15 is 0 Å². The minimum absolute atomic E-state index is 0.106. The molecule has 2 unspecified atom stereocenters. The summed E-state index contributed by atoms with van der Waals surface area (Å²) in [4.78, 5) is 35.5. The molecule has 2 N–H and O–H groups in total. The molecular weight excluding hydrogens is 543 g/mol. The maximum absolute atomic E-state index is 13.9. The maximum Gasteiger partial charge on any atom is 0.338 e. The normalized spacial score (nSPS) is 20.8. The lowest BCUT2D eigenvalue weighted by Gasteiger charge is -2.35. The van der Waals surface area contributed by atoms with Crippen molar-refractivity contribution in [3.8, 4) is 0 Å². The van der Waals surface area contributed by atoms with Crippen LogP contribution in [0.2, 0.25) is 0 Å². The van der Waals surface area contributed by atoms with Crippen molar-refractivity contribution < 1.29 is 28.6 Å². The van der Waals surface area contributed by atoms with E-state index in [9.17, 15) is 14.0 Å². The SMILES string of the molecule is CCOC(=O)C1=C(CN2CCOC(CC(=O)O)C2)NC(c2nccs2)=NC1c1ccc(F)cc1Br. The molecule has 4 rings (SSSR count). The second kappa shape index (κ2) is 11.4. The fourth-order valence-electron chi connectivity index (χ4n) is 4.03. The Labute approximate surface area is 213 Å². The van der Waals surface area contributed by atoms with Crippen LogP contribution in [0.4, 0.5) is 4.39 Å². The number of carbonyl (C=O) groups is 2. The molecule has 1 fully saturated rings. The molecule has 9 nitrogen and oxygen atoms in total. The van der Waals surface area contributed by atoms with E-state index in [1.165, 1.54) is 23.5 Å². The van der Waals surface area contributed by atoms with Gasteiger partial charge in [-0.05, 0) is 24.6 Å². The van der Waals surface area contributed by atoms with Crippen LogP contribution >= 0.6 is 27.3 Å². The van der Waals surface area contributed by atoms with E-state index in [1.54, 1.807) is 19.2 Å². The summed E-state index contributed by atoms with van der Waals surface area (Å²) in [5, 5.41) is 14.9. The standard InChI is InChI=1S/C23H24BrFN4O5S/c1-2-33-23(32)19-17(12-29-6-7-34-14(11-29)10-18(30)31)27-21(22-26-5-8-35-22)28-20(19)15-4-3-13(25)9-16(15)24/h3-5,8-9,14,20H,2,6-7,10-12H2,1H3,(H,27,28)(H,30,31). The van der Waals surface area contributed by atoms with Gasteiger partial charge in [0, 0.05) is 41.4 Å². The first-order valence-electron chi connectivity index (χ1n) is 11.0. The van der Waals surface area contributed by atoms with Crippen LogP contribution in [0, 0.1) is 5.82 Å². The number of nitrogens with one attached hydrogen (secondary N) is 1. The smallest absolute Gasteiger partial charge is 0.338 e. The molecular formula is C23H24BrFN4O5S. The van der Waals surface area contributed by atoms with Gasteiger partial charge in [-0.1, -0.05) is 22.0 Å². The lowest BCUT2D eigenvalue weighted by atomic mass is 9.95. The molecule has 0 saturated carbocycles. The topological polar surface area (TPSA) is 113 Å². The van der Waals surface area contributed by atoms with Crippen LogP contribution in [0.15, 0.2) is 50.5 Å². The van der Waals surface area contributed by atoms with Crippen LogP contribution in [-0.2, 0) is 19.1 Å². The highest BCUT2D eigenvalue weighted by Crippen LogP contribution is 2.37. The van der Waals surface area contributed by atoms with E-state index in [0.717, 1.165) is 0 Å². The van der Waals surface area contributed by atoms with Crippen LogP contribution in [0.5, 0.6) is 0 Å². The Kier molecular flexibility index (Phi) is 8.26. The van der Waals surface area contributed by atoms with E-state index in [4.69, 9.17) is 19.6 Å². The molecule has 35 heavy (non-hydrogen) atoms. The number of carboxylic acids is 1. The quantitative estimate of drug-likeness (QED) is 0.468. The number of hydrogen-bond acceptors (Lipinski definition) is 9. The van der Waals surface area contributed by atoms with Crippen LogP contribution in [0.3, 0.4) is 0 Å². The summed E-state index contributed by atoms with van der Waals surface area (Å²) in [6, 6.07) is 3.47. The highest BCUT2D eigenvalue weighted by atomic mass is 79.9. The number of aromatic nitrogens is 1. The average molecular weight is 567 g/mol. The van der Waals surface area contributed by atoms with E-state index in [1.807, 2.05) is 10.3 Å². The highest BCUT2D eigenvalue weighted by Gasteiger charge is 2.35. The van der Waals surface area contributed by atoms with Crippen molar-refractivity contribution in [3.63, 3.8) is 0 Å². The Morgan fingerprint density at radius 3 is 2.94 bits per heavy atom. The second-order valence-corrected chi connectivity index (χ2v) is 9.70. The molecule has 0 aliphatic carbocycles. The summed E-state index contributed by atoms with van der Waals surface area (Å²) in [6.45, 7) is 3.54. The third-order valence-electron chi connectivity index (χ3n) is 5.52. The van der Waals surface area contributed by atoms with Gasteiger partial charge in [0.2, 0.25) is 0 Å². The number of halogens is 2. The van der Waals surface area contributed by atoms with Gasteiger partial charge in [-0.25, -0.2) is 14.2 Å². The number of morpholine rings is 1. The number of carboxylic acid groups (broad SMARTS) is 1. The van der Waals surface area contributed by atoms with E-state index in [-0.39, 0.29) is 13.0 Å². The Balaban J connectivity index is 1.75. The molecule has 2 aromatic rings. The number of benzene rings is 1. The minimum atomic E-state index is -0.932. The molecule has 0 amide bonds. The van der Waals surface area contributed by atoms with Gasteiger partial charge in [0.25, 0.3) is 0 Å². The van der Waals surface area contributed by atoms with Crippen LogP contribution < -0.4 is 5.32 Å². The van der Waals surface area contributed by atoms with Crippen molar-refractivity contribution in [1.82, 2.24) is 15.2 Å².